The van der Waals surface area contributed by atoms with E-state index < -0.39 is 5.60 Å². The molecule has 0 aromatic carbocycles. The SMILES string of the molecule is CCC(O)(CC)CN1CCCC(Br)C1=O. The predicted octanol–water partition coefficient (Wildman–Crippen LogP) is 1.92. The summed E-state index contributed by atoms with van der Waals surface area (Å²) in [6.07, 6.45) is 3.32. The number of halogens is 1. The molecular weight excluding hydrogens is 258 g/mol. The predicted molar refractivity (Wildman–Crippen MR) is 64.1 cm³/mol. The fraction of sp³-hybridized carbons (Fsp3) is 0.909. The number of piperidine rings is 1. The van der Waals surface area contributed by atoms with Gasteiger partial charge in [0.15, 0.2) is 0 Å². The molecule has 0 aliphatic carbocycles. The number of nitrogens with zero attached hydrogens (tertiary/aromatic N) is 1. The van der Waals surface area contributed by atoms with Crippen molar-refractivity contribution in [3.8, 4) is 0 Å². The third-order valence-electron chi connectivity index (χ3n) is 3.27. The fourth-order valence-electron chi connectivity index (χ4n) is 1.88. The Bertz CT molecular complexity index is 229. The van der Waals surface area contributed by atoms with Crippen LogP contribution in [0.15, 0.2) is 0 Å². The maximum absolute atomic E-state index is 11.8. The number of hydrogen-bond acceptors (Lipinski definition) is 2. The number of aliphatic hydroxyl groups is 1. The number of rotatable bonds is 4. The van der Waals surface area contributed by atoms with E-state index in [9.17, 15) is 9.90 Å². The summed E-state index contributed by atoms with van der Waals surface area (Å²) in [4.78, 5) is 13.5. The van der Waals surface area contributed by atoms with E-state index in [1.54, 1.807) is 4.90 Å². The minimum Gasteiger partial charge on any atom is -0.388 e. The number of carbonyl (C=O) groups excluding carboxylic acids is 1. The van der Waals surface area contributed by atoms with Gasteiger partial charge in [0, 0.05) is 13.1 Å². The number of hydrogen-bond donors (Lipinski definition) is 1. The first kappa shape index (κ1) is 13.0. The van der Waals surface area contributed by atoms with Gasteiger partial charge in [-0.15, -0.1) is 0 Å². The molecule has 0 bridgehead atoms. The van der Waals surface area contributed by atoms with Crippen LogP contribution in [0, 0.1) is 0 Å². The fourth-order valence-corrected chi connectivity index (χ4v) is 2.49. The number of likely N-dealkylation sites (tertiary alicyclic amines) is 1. The van der Waals surface area contributed by atoms with Gasteiger partial charge >= 0.3 is 0 Å². The summed E-state index contributed by atoms with van der Waals surface area (Å²) >= 11 is 3.37. The Balaban J connectivity index is 2.60. The highest BCUT2D eigenvalue weighted by Crippen LogP contribution is 2.23. The molecule has 1 amide bonds. The first-order valence-corrected chi connectivity index (χ1v) is 6.59. The standard InChI is InChI=1S/C11H20BrNO2/c1-3-11(15,4-2)8-13-7-5-6-9(12)10(13)14/h9,15H,3-8H2,1-2H3. The van der Waals surface area contributed by atoms with Gasteiger partial charge < -0.3 is 10.0 Å². The average molecular weight is 278 g/mol. The van der Waals surface area contributed by atoms with Crippen LogP contribution in [-0.4, -0.2) is 39.4 Å². The molecule has 1 atom stereocenters. The molecule has 15 heavy (non-hydrogen) atoms. The summed E-state index contributed by atoms with van der Waals surface area (Å²) in [6.45, 7) is 5.18. The van der Waals surface area contributed by atoms with Crippen LogP contribution in [0.5, 0.6) is 0 Å². The van der Waals surface area contributed by atoms with Crippen LogP contribution in [0.2, 0.25) is 0 Å². The van der Waals surface area contributed by atoms with E-state index in [0.717, 1.165) is 19.4 Å². The zero-order valence-electron chi connectivity index (χ0n) is 9.50. The minimum absolute atomic E-state index is 0.0517. The molecule has 1 unspecified atom stereocenters. The molecule has 1 saturated heterocycles. The van der Waals surface area contributed by atoms with E-state index >= 15 is 0 Å². The molecule has 88 valence electrons. The van der Waals surface area contributed by atoms with E-state index in [1.165, 1.54) is 0 Å². The highest BCUT2D eigenvalue weighted by atomic mass is 79.9. The Morgan fingerprint density at radius 1 is 1.53 bits per heavy atom. The molecule has 0 spiro atoms. The second kappa shape index (κ2) is 5.30. The summed E-state index contributed by atoms with van der Waals surface area (Å²) in [7, 11) is 0. The van der Waals surface area contributed by atoms with Gasteiger partial charge in [-0.05, 0) is 25.7 Å². The minimum atomic E-state index is -0.709. The van der Waals surface area contributed by atoms with E-state index in [2.05, 4.69) is 15.9 Å². The van der Waals surface area contributed by atoms with Crippen molar-refractivity contribution in [1.82, 2.24) is 4.90 Å². The van der Waals surface area contributed by atoms with Crippen molar-refractivity contribution in [2.45, 2.75) is 50.0 Å². The van der Waals surface area contributed by atoms with Crippen molar-refractivity contribution in [2.24, 2.45) is 0 Å². The zero-order valence-corrected chi connectivity index (χ0v) is 11.1. The average Bonchev–Trinajstić information content (AvgIpc) is 2.25. The Labute approximate surface area is 100.0 Å². The van der Waals surface area contributed by atoms with E-state index in [1.807, 2.05) is 13.8 Å². The van der Waals surface area contributed by atoms with Crippen LogP contribution in [0.4, 0.5) is 0 Å². The van der Waals surface area contributed by atoms with Crippen molar-refractivity contribution in [1.29, 1.82) is 0 Å². The second-order valence-corrected chi connectivity index (χ2v) is 5.41. The Morgan fingerprint density at radius 3 is 2.67 bits per heavy atom. The molecular formula is C11H20BrNO2. The molecule has 1 aliphatic heterocycles. The lowest BCUT2D eigenvalue weighted by molar-refractivity contribution is -0.136. The summed E-state index contributed by atoms with van der Waals surface area (Å²) in [5.41, 5.74) is -0.709. The molecule has 0 radical (unpaired) electrons. The third kappa shape index (κ3) is 3.18. The lowest BCUT2D eigenvalue weighted by atomic mass is 9.95. The molecule has 0 aromatic rings. The molecule has 1 fully saturated rings. The normalized spacial score (nSPS) is 23.3. The van der Waals surface area contributed by atoms with E-state index in [0.29, 0.717) is 19.4 Å². The van der Waals surface area contributed by atoms with Crippen LogP contribution in [0.3, 0.4) is 0 Å². The largest absolute Gasteiger partial charge is 0.388 e. The number of alkyl halides is 1. The molecule has 1 rings (SSSR count). The zero-order chi connectivity index (χ0) is 11.5. The van der Waals surface area contributed by atoms with E-state index in [-0.39, 0.29) is 10.7 Å². The van der Waals surface area contributed by atoms with Gasteiger partial charge in [0.05, 0.1) is 10.4 Å². The Morgan fingerprint density at radius 2 is 2.13 bits per heavy atom. The molecule has 0 aromatic heterocycles. The van der Waals surface area contributed by atoms with Crippen molar-refractivity contribution in [3.05, 3.63) is 0 Å². The summed E-state index contributed by atoms with van der Waals surface area (Å²) < 4.78 is 0. The van der Waals surface area contributed by atoms with Crippen molar-refractivity contribution < 1.29 is 9.90 Å². The highest BCUT2D eigenvalue weighted by Gasteiger charge is 2.32. The summed E-state index contributed by atoms with van der Waals surface area (Å²) in [5, 5.41) is 10.2. The van der Waals surface area contributed by atoms with E-state index in [4.69, 9.17) is 0 Å². The lowest BCUT2D eigenvalue weighted by Crippen LogP contribution is -2.50. The van der Waals surface area contributed by atoms with Crippen LogP contribution in [0.25, 0.3) is 0 Å². The second-order valence-electron chi connectivity index (χ2n) is 4.30. The Kier molecular flexibility index (Phi) is 4.59. The lowest BCUT2D eigenvalue weighted by Gasteiger charge is -2.36. The van der Waals surface area contributed by atoms with Crippen LogP contribution in [0.1, 0.15) is 39.5 Å². The molecule has 1 heterocycles. The van der Waals surface area contributed by atoms with Gasteiger partial charge in [0.2, 0.25) is 5.91 Å². The quantitative estimate of drug-likeness (QED) is 0.798. The topological polar surface area (TPSA) is 40.5 Å². The van der Waals surface area contributed by atoms with Crippen molar-refractivity contribution >= 4 is 21.8 Å². The molecule has 0 saturated carbocycles. The number of β-amino-alcohol motifs (C(OH)–C–C–N with tert-alkyl or cyclic N) is 1. The summed E-state index contributed by atoms with van der Waals surface area (Å²) in [5.74, 6) is 0.126. The monoisotopic (exact) mass is 277 g/mol. The first-order chi connectivity index (χ1) is 7.02. The highest BCUT2D eigenvalue weighted by molar-refractivity contribution is 9.10. The smallest absolute Gasteiger partial charge is 0.236 e. The van der Waals surface area contributed by atoms with Crippen molar-refractivity contribution in [3.63, 3.8) is 0 Å². The van der Waals surface area contributed by atoms with Crippen LogP contribution < -0.4 is 0 Å². The van der Waals surface area contributed by atoms with Gasteiger partial charge in [-0.3, -0.25) is 4.79 Å². The van der Waals surface area contributed by atoms with Gasteiger partial charge in [-0.1, -0.05) is 29.8 Å². The van der Waals surface area contributed by atoms with Gasteiger partial charge in [-0.25, -0.2) is 0 Å². The molecule has 4 heteroatoms. The maximum Gasteiger partial charge on any atom is 0.236 e. The number of carbonyl (C=O) groups is 1. The van der Waals surface area contributed by atoms with Gasteiger partial charge in [-0.2, -0.15) is 0 Å². The number of amides is 1. The van der Waals surface area contributed by atoms with Crippen LogP contribution >= 0.6 is 15.9 Å². The first-order valence-electron chi connectivity index (χ1n) is 5.67. The molecule has 1 N–H and O–H groups in total. The van der Waals surface area contributed by atoms with Crippen LogP contribution in [-0.2, 0) is 4.79 Å². The maximum atomic E-state index is 11.8. The Hall–Kier alpha value is -0.0900. The van der Waals surface area contributed by atoms with Gasteiger partial charge in [0.25, 0.3) is 0 Å². The van der Waals surface area contributed by atoms with Crippen molar-refractivity contribution in [2.75, 3.05) is 13.1 Å². The summed E-state index contributed by atoms with van der Waals surface area (Å²) in [6, 6.07) is 0. The molecule has 3 nitrogen and oxygen atoms in total. The molecule has 1 aliphatic rings. The third-order valence-corrected chi connectivity index (χ3v) is 4.12. The van der Waals surface area contributed by atoms with Gasteiger partial charge in [0.1, 0.15) is 0 Å².